The summed E-state index contributed by atoms with van der Waals surface area (Å²) in [5, 5.41) is 3.47. The number of hydrogen-bond acceptors (Lipinski definition) is 2. The van der Waals surface area contributed by atoms with Crippen LogP contribution in [0.4, 0.5) is 8.78 Å². The number of benzene rings is 1. The molecule has 0 spiro atoms. The molecule has 0 saturated carbocycles. The van der Waals surface area contributed by atoms with Gasteiger partial charge in [-0.3, -0.25) is 0 Å². The van der Waals surface area contributed by atoms with Crippen LogP contribution in [0.3, 0.4) is 0 Å². The van der Waals surface area contributed by atoms with Gasteiger partial charge >= 0.3 is 0 Å². The predicted octanol–water partition coefficient (Wildman–Crippen LogP) is 3.50. The smallest absolute Gasteiger partial charge is 0.137 e. The Morgan fingerprint density at radius 2 is 1.94 bits per heavy atom. The largest absolute Gasteiger partial charge is 0.309 e. The molecule has 16 heavy (non-hydrogen) atoms. The van der Waals surface area contributed by atoms with E-state index in [1.54, 1.807) is 0 Å². The van der Waals surface area contributed by atoms with Crippen LogP contribution in [0.25, 0.3) is 0 Å². The van der Waals surface area contributed by atoms with Gasteiger partial charge in [0.2, 0.25) is 0 Å². The highest BCUT2D eigenvalue weighted by Crippen LogP contribution is 2.47. The SMILES string of the molecule is CCNC1c2c(F)ccc(F)c2SC1CC. The van der Waals surface area contributed by atoms with Crippen molar-refractivity contribution in [3.63, 3.8) is 0 Å². The van der Waals surface area contributed by atoms with Crippen molar-refractivity contribution in [1.29, 1.82) is 0 Å². The molecule has 0 radical (unpaired) electrons. The van der Waals surface area contributed by atoms with E-state index in [9.17, 15) is 8.78 Å². The lowest BCUT2D eigenvalue weighted by molar-refractivity contribution is 0.485. The van der Waals surface area contributed by atoms with Crippen molar-refractivity contribution in [2.75, 3.05) is 6.54 Å². The summed E-state index contributed by atoms with van der Waals surface area (Å²) >= 11 is 1.45. The molecule has 0 aliphatic carbocycles. The molecule has 2 atom stereocenters. The molecule has 1 aliphatic heterocycles. The fourth-order valence-electron chi connectivity index (χ4n) is 2.14. The Balaban J connectivity index is 2.45. The number of thioether (sulfide) groups is 1. The van der Waals surface area contributed by atoms with Gasteiger partial charge in [0, 0.05) is 16.9 Å². The normalized spacial score (nSPS) is 23.5. The first-order valence-electron chi connectivity index (χ1n) is 5.57. The number of hydrogen-bond donors (Lipinski definition) is 1. The predicted molar refractivity (Wildman–Crippen MR) is 62.7 cm³/mol. The summed E-state index contributed by atoms with van der Waals surface area (Å²) in [5.41, 5.74) is 0.513. The van der Waals surface area contributed by atoms with Gasteiger partial charge in [0.25, 0.3) is 0 Å². The third kappa shape index (κ3) is 1.84. The van der Waals surface area contributed by atoms with E-state index in [1.807, 2.05) is 13.8 Å². The van der Waals surface area contributed by atoms with Crippen LogP contribution < -0.4 is 5.32 Å². The molecule has 2 unspecified atom stereocenters. The number of fused-ring (bicyclic) bond motifs is 1. The van der Waals surface area contributed by atoms with Crippen LogP contribution in [0.15, 0.2) is 17.0 Å². The van der Waals surface area contributed by atoms with E-state index in [2.05, 4.69) is 5.32 Å². The highest BCUT2D eigenvalue weighted by molar-refractivity contribution is 8.00. The number of nitrogens with one attached hydrogen (secondary N) is 1. The van der Waals surface area contributed by atoms with Crippen molar-refractivity contribution >= 4 is 11.8 Å². The topological polar surface area (TPSA) is 12.0 Å². The van der Waals surface area contributed by atoms with Crippen LogP contribution in [0.5, 0.6) is 0 Å². The summed E-state index contributed by atoms with van der Waals surface area (Å²) in [5.74, 6) is -0.606. The van der Waals surface area contributed by atoms with E-state index in [1.165, 1.54) is 23.9 Å². The minimum atomic E-state index is -0.305. The average Bonchev–Trinajstić information content (AvgIpc) is 2.64. The zero-order chi connectivity index (χ0) is 11.7. The molecule has 1 N–H and O–H groups in total. The van der Waals surface area contributed by atoms with Crippen LogP contribution in [-0.2, 0) is 0 Å². The fourth-order valence-corrected chi connectivity index (χ4v) is 3.51. The molecule has 1 aromatic rings. The van der Waals surface area contributed by atoms with Crippen LogP contribution in [0.2, 0.25) is 0 Å². The standard InChI is InChI=1S/C12H15F2NS/c1-3-9-11(15-4-2)10-7(13)5-6-8(14)12(10)16-9/h5-6,9,11,15H,3-4H2,1-2H3. The van der Waals surface area contributed by atoms with Crippen LogP contribution in [0.1, 0.15) is 31.9 Å². The van der Waals surface area contributed by atoms with Crippen molar-refractivity contribution in [1.82, 2.24) is 5.32 Å². The quantitative estimate of drug-likeness (QED) is 0.872. The van der Waals surface area contributed by atoms with Gasteiger partial charge in [-0.05, 0) is 25.1 Å². The molecule has 0 bridgehead atoms. The minimum absolute atomic E-state index is 0.0642. The van der Waals surface area contributed by atoms with Crippen molar-refractivity contribution in [2.45, 2.75) is 36.5 Å². The summed E-state index contributed by atoms with van der Waals surface area (Å²) in [6.07, 6.45) is 0.899. The lowest BCUT2D eigenvalue weighted by Crippen LogP contribution is -2.27. The van der Waals surface area contributed by atoms with Gasteiger partial charge in [0.15, 0.2) is 0 Å². The van der Waals surface area contributed by atoms with Gasteiger partial charge in [0.05, 0.1) is 4.90 Å². The van der Waals surface area contributed by atoms with Gasteiger partial charge < -0.3 is 5.32 Å². The monoisotopic (exact) mass is 243 g/mol. The molecule has 1 aliphatic rings. The first kappa shape index (κ1) is 11.9. The first-order chi connectivity index (χ1) is 7.69. The molecule has 4 heteroatoms. The first-order valence-corrected chi connectivity index (χ1v) is 6.44. The fraction of sp³-hybridized carbons (Fsp3) is 0.500. The Kier molecular flexibility index (Phi) is 3.50. The maximum absolute atomic E-state index is 13.7. The minimum Gasteiger partial charge on any atom is -0.309 e. The second-order valence-corrected chi connectivity index (χ2v) is 5.12. The molecule has 2 rings (SSSR count). The molecule has 88 valence electrons. The van der Waals surface area contributed by atoms with Crippen molar-refractivity contribution in [3.05, 3.63) is 29.3 Å². The number of halogens is 2. The van der Waals surface area contributed by atoms with E-state index in [4.69, 9.17) is 0 Å². The van der Waals surface area contributed by atoms with Crippen molar-refractivity contribution in [3.8, 4) is 0 Å². The molecule has 1 heterocycles. The third-order valence-corrected chi connectivity index (χ3v) is 4.43. The second-order valence-electron chi connectivity index (χ2n) is 3.87. The summed E-state index contributed by atoms with van der Waals surface area (Å²) < 4.78 is 27.3. The molecule has 0 fully saturated rings. The Morgan fingerprint density at radius 3 is 2.56 bits per heavy atom. The average molecular weight is 243 g/mol. The molecule has 0 saturated heterocycles. The maximum Gasteiger partial charge on any atom is 0.137 e. The summed E-state index contributed by atoms with van der Waals surface area (Å²) in [6, 6.07) is 2.37. The van der Waals surface area contributed by atoms with Gasteiger partial charge in [0.1, 0.15) is 11.6 Å². The zero-order valence-corrected chi connectivity index (χ0v) is 10.2. The van der Waals surface area contributed by atoms with Gasteiger partial charge in [-0.2, -0.15) is 0 Å². The molecule has 0 amide bonds. The van der Waals surface area contributed by atoms with Gasteiger partial charge in [-0.1, -0.05) is 13.8 Å². The Hall–Kier alpha value is -0.610. The van der Waals surface area contributed by atoms with E-state index < -0.39 is 0 Å². The molecule has 1 aromatic carbocycles. The number of rotatable bonds is 3. The molecule has 1 nitrogen and oxygen atoms in total. The zero-order valence-electron chi connectivity index (χ0n) is 9.39. The van der Waals surface area contributed by atoms with Gasteiger partial charge in [-0.15, -0.1) is 11.8 Å². The summed E-state index contributed by atoms with van der Waals surface area (Å²) in [4.78, 5) is 0.484. The highest BCUT2D eigenvalue weighted by Gasteiger charge is 2.35. The van der Waals surface area contributed by atoms with Crippen molar-refractivity contribution in [2.24, 2.45) is 0 Å². The Labute approximate surface area is 98.6 Å². The molecular formula is C12H15F2NS. The van der Waals surface area contributed by atoms with E-state index >= 15 is 0 Å². The lowest BCUT2D eigenvalue weighted by atomic mass is 10.0. The van der Waals surface area contributed by atoms with Crippen LogP contribution in [0, 0.1) is 11.6 Å². The second kappa shape index (κ2) is 4.72. The molecule has 0 aromatic heterocycles. The third-order valence-electron chi connectivity index (χ3n) is 2.87. The van der Waals surface area contributed by atoms with Crippen LogP contribution in [-0.4, -0.2) is 11.8 Å². The summed E-state index contributed by atoms with van der Waals surface area (Å²) in [6.45, 7) is 4.79. The summed E-state index contributed by atoms with van der Waals surface area (Å²) in [7, 11) is 0. The van der Waals surface area contributed by atoms with Crippen molar-refractivity contribution < 1.29 is 8.78 Å². The van der Waals surface area contributed by atoms with E-state index in [0.29, 0.717) is 10.5 Å². The van der Waals surface area contributed by atoms with E-state index in [-0.39, 0.29) is 22.9 Å². The Morgan fingerprint density at radius 1 is 1.25 bits per heavy atom. The lowest BCUT2D eigenvalue weighted by Gasteiger charge is -2.19. The Bertz CT molecular complexity index is 395. The van der Waals surface area contributed by atoms with E-state index in [0.717, 1.165) is 13.0 Å². The maximum atomic E-state index is 13.7. The molecular weight excluding hydrogens is 228 g/mol. The highest BCUT2D eigenvalue weighted by atomic mass is 32.2. The van der Waals surface area contributed by atoms with Crippen LogP contribution >= 0.6 is 11.8 Å². The van der Waals surface area contributed by atoms with Gasteiger partial charge in [-0.25, -0.2) is 8.78 Å².